The Labute approximate surface area is 166 Å². The predicted octanol–water partition coefficient (Wildman–Crippen LogP) is 6.00. The fourth-order valence-electron chi connectivity index (χ4n) is 3.82. The predicted molar refractivity (Wildman–Crippen MR) is 112 cm³/mol. The van der Waals surface area contributed by atoms with Crippen molar-refractivity contribution < 1.29 is 12.8 Å². The van der Waals surface area contributed by atoms with Crippen molar-refractivity contribution in [1.29, 1.82) is 0 Å². The highest BCUT2D eigenvalue weighted by molar-refractivity contribution is 5.82. The Morgan fingerprint density at radius 1 is 0.731 bits per heavy atom. The first kappa shape index (κ1) is 12.1. The molecule has 3 aromatic rings. The summed E-state index contributed by atoms with van der Waals surface area (Å²) >= 11 is 0. The fraction of sp³-hybridized carbons (Fsp3) is 0.320. The van der Waals surface area contributed by atoms with Crippen LogP contribution in [0.5, 0.6) is 0 Å². The van der Waals surface area contributed by atoms with Crippen LogP contribution in [0.25, 0.3) is 22.4 Å². The van der Waals surface area contributed by atoms with Crippen LogP contribution in [-0.4, -0.2) is 0 Å². The number of hydrogen-bond acceptors (Lipinski definition) is 0. The minimum Gasteiger partial charge on any atom is -0.201 e. The van der Waals surface area contributed by atoms with Crippen molar-refractivity contribution in [1.82, 2.24) is 0 Å². The molecule has 1 heterocycles. The summed E-state index contributed by atoms with van der Waals surface area (Å²) in [5, 5.41) is 0. The molecule has 3 rings (SSSR count). The number of aryl methyl sites for hydroxylation is 7. The Morgan fingerprint density at radius 3 is 2.08 bits per heavy atom. The number of benzene rings is 2. The van der Waals surface area contributed by atoms with Crippen LogP contribution in [0, 0.1) is 48.3 Å². The first-order chi connectivity index (χ1) is 14.6. The van der Waals surface area contributed by atoms with Gasteiger partial charge in [0.05, 0.1) is 5.56 Å². The minimum atomic E-state index is -2.27. The van der Waals surface area contributed by atoms with Gasteiger partial charge in [-0.3, -0.25) is 0 Å². The van der Waals surface area contributed by atoms with E-state index in [0.29, 0.717) is 22.3 Å². The SMILES string of the molecule is [2H]C([2H])([2H])c1cc(C)c(-c2c(C)cc(C([2H])([2H])[2H])c(-c3ccc(C)c[n+]3C)c2C)cc1C. The monoisotopic (exact) mass is 350 g/mol. The van der Waals surface area contributed by atoms with Gasteiger partial charge in [-0.05, 0) is 98.9 Å². The smallest absolute Gasteiger partial charge is 0.201 e. The lowest BCUT2D eigenvalue weighted by Crippen LogP contribution is -2.31. The van der Waals surface area contributed by atoms with Crippen molar-refractivity contribution >= 4 is 0 Å². The third-order valence-corrected chi connectivity index (χ3v) is 5.15. The molecule has 2 aromatic carbocycles. The molecule has 0 amide bonds. The molecular formula is C25H30N+. The molecule has 0 saturated carbocycles. The van der Waals surface area contributed by atoms with Crippen LogP contribution in [-0.2, 0) is 7.05 Å². The molecule has 0 saturated heterocycles. The zero-order valence-electron chi connectivity index (χ0n) is 22.4. The first-order valence-electron chi connectivity index (χ1n) is 11.9. The van der Waals surface area contributed by atoms with Gasteiger partial charge in [0, 0.05) is 19.9 Å². The zero-order valence-corrected chi connectivity index (χ0v) is 16.4. The number of aromatic nitrogens is 1. The summed E-state index contributed by atoms with van der Waals surface area (Å²) in [6.45, 7) is 5.16. The summed E-state index contributed by atoms with van der Waals surface area (Å²) in [7, 11) is 1.92. The zero-order chi connectivity index (χ0) is 24.2. The standard InChI is InChI=1S/C25H30N/c1-15-9-10-23(26(8)14-15)25-20(6)12-19(5)24(21(25)7)22-13-17(3)16(2)11-18(22)4/h9-14H,1-8H3/q+1/i2D3,6D3. The number of pyridine rings is 1. The van der Waals surface area contributed by atoms with Crippen LogP contribution in [0.15, 0.2) is 36.5 Å². The van der Waals surface area contributed by atoms with Crippen LogP contribution in [0.4, 0.5) is 0 Å². The van der Waals surface area contributed by atoms with E-state index in [1.807, 2.05) is 70.6 Å². The van der Waals surface area contributed by atoms with Crippen molar-refractivity contribution in [3.8, 4) is 22.4 Å². The summed E-state index contributed by atoms with van der Waals surface area (Å²) in [4.78, 5) is 0. The van der Waals surface area contributed by atoms with Gasteiger partial charge < -0.3 is 0 Å². The van der Waals surface area contributed by atoms with Crippen LogP contribution < -0.4 is 4.57 Å². The van der Waals surface area contributed by atoms with E-state index < -0.39 is 13.7 Å². The van der Waals surface area contributed by atoms with Crippen LogP contribution in [0.1, 0.15) is 47.2 Å². The Morgan fingerprint density at radius 2 is 1.42 bits per heavy atom. The molecule has 26 heavy (non-hydrogen) atoms. The lowest BCUT2D eigenvalue weighted by Gasteiger charge is -2.19. The molecule has 1 heteroatoms. The highest BCUT2D eigenvalue weighted by Gasteiger charge is 2.20. The van der Waals surface area contributed by atoms with Gasteiger partial charge in [0.25, 0.3) is 0 Å². The van der Waals surface area contributed by atoms with Gasteiger partial charge in [0.2, 0.25) is 5.69 Å². The van der Waals surface area contributed by atoms with Gasteiger partial charge in [-0.1, -0.05) is 18.2 Å². The molecule has 0 atom stereocenters. The largest absolute Gasteiger partial charge is 0.212 e. The van der Waals surface area contributed by atoms with Gasteiger partial charge in [-0.25, -0.2) is 4.57 Å². The average Bonchev–Trinajstić information content (AvgIpc) is 2.63. The lowest BCUT2D eigenvalue weighted by molar-refractivity contribution is -0.660. The highest BCUT2D eigenvalue weighted by atomic mass is 14.9. The Bertz CT molecular complexity index is 1200. The Balaban J connectivity index is 2.41. The summed E-state index contributed by atoms with van der Waals surface area (Å²) < 4.78 is 50.0. The number of nitrogens with zero attached hydrogens (tertiary/aromatic N) is 1. The van der Waals surface area contributed by atoms with Gasteiger partial charge in [0.15, 0.2) is 6.20 Å². The molecule has 0 N–H and O–H groups in total. The first-order valence-corrected chi connectivity index (χ1v) is 8.86. The summed E-state index contributed by atoms with van der Waals surface area (Å²) in [5.74, 6) is 0. The molecule has 0 unspecified atom stereocenters. The van der Waals surface area contributed by atoms with Crippen molar-refractivity contribution in [2.24, 2.45) is 7.05 Å². The average molecular weight is 351 g/mol. The van der Waals surface area contributed by atoms with Crippen molar-refractivity contribution in [3.63, 3.8) is 0 Å². The second kappa shape index (κ2) is 6.72. The quantitative estimate of drug-likeness (QED) is 0.499. The van der Waals surface area contributed by atoms with E-state index >= 15 is 0 Å². The molecule has 0 aliphatic rings. The third kappa shape index (κ3) is 3.07. The lowest BCUT2D eigenvalue weighted by atomic mass is 9.85. The Hall–Kier alpha value is -2.41. The maximum atomic E-state index is 8.18. The topological polar surface area (TPSA) is 3.88 Å². The van der Waals surface area contributed by atoms with Gasteiger partial charge in [0.1, 0.15) is 7.05 Å². The fourth-order valence-corrected chi connectivity index (χ4v) is 3.82. The Kier molecular flexibility index (Phi) is 3.12. The number of hydrogen-bond donors (Lipinski definition) is 0. The molecule has 0 radical (unpaired) electrons. The molecule has 0 fully saturated rings. The molecular weight excluding hydrogens is 314 g/mol. The second-order valence-corrected chi connectivity index (χ2v) is 7.30. The summed E-state index contributed by atoms with van der Waals surface area (Å²) in [6, 6.07) is 9.36. The molecule has 1 aromatic heterocycles. The van der Waals surface area contributed by atoms with Crippen molar-refractivity contribution in [3.05, 3.63) is 75.5 Å². The normalized spacial score (nSPS) is 15.5. The van der Waals surface area contributed by atoms with Crippen LogP contribution in [0.2, 0.25) is 0 Å². The van der Waals surface area contributed by atoms with E-state index in [1.54, 1.807) is 12.1 Å². The van der Waals surface area contributed by atoms with E-state index in [9.17, 15) is 0 Å². The summed E-state index contributed by atoms with van der Waals surface area (Å²) in [6.07, 6.45) is 1.98. The highest BCUT2D eigenvalue weighted by Crippen LogP contribution is 2.38. The van der Waals surface area contributed by atoms with E-state index in [1.165, 1.54) is 0 Å². The van der Waals surface area contributed by atoms with Crippen molar-refractivity contribution in [2.75, 3.05) is 0 Å². The van der Waals surface area contributed by atoms with Crippen LogP contribution >= 0.6 is 0 Å². The molecule has 134 valence electrons. The van der Waals surface area contributed by atoms with E-state index in [0.717, 1.165) is 39.1 Å². The second-order valence-electron chi connectivity index (χ2n) is 7.30. The molecule has 0 aliphatic carbocycles. The molecule has 1 nitrogen and oxygen atoms in total. The third-order valence-electron chi connectivity index (χ3n) is 5.15. The summed E-state index contributed by atoms with van der Waals surface area (Å²) in [5.41, 5.74) is 8.45. The van der Waals surface area contributed by atoms with Gasteiger partial charge in [-0.15, -0.1) is 0 Å². The van der Waals surface area contributed by atoms with E-state index in [-0.39, 0.29) is 0 Å². The minimum absolute atomic E-state index is 0.323. The van der Waals surface area contributed by atoms with E-state index in [2.05, 4.69) is 0 Å². The maximum Gasteiger partial charge on any atom is 0.212 e. The van der Waals surface area contributed by atoms with Gasteiger partial charge in [-0.2, -0.15) is 0 Å². The molecule has 0 bridgehead atoms. The maximum absolute atomic E-state index is 8.18. The van der Waals surface area contributed by atoms with E-state index in [4.69, 9.17) is 8.22 Å². The molecule has 0 aliphatic heterocycles. The van der Waals surface area contributed by atoms with Crippen LogP contribution in [0.3, 0.4) is 0 Å². The number of rotatable bonds is 2. The van der Waals surface area contributed by atoms with Gasteiger partial charge >= 0.3 is 0 Å². The molecule has 0 spiro atoms. The van der Waals surface area contributed by atoms with Crippen molar-refractivity contribution in [2.45, 2.75) is 48.3 Å².